The highest BCUT2D eigenvalue weighted by Crippen LogP contribution is 2.24. The molecule has 0 aromatic heterocycles. The number of carbonyl (C=O) groups is 1. The van der Waals surface area contributed by atoms with Gasteiger partial charge < -0.3 is 15.5 Å². The molecule has 0 amide bonds. The summed E-state index contributed by atoms with van der Waals surface area (Å²) in [6, 6.07) is 4.58. The van der Waals surface area contributed by atoms with E-state index in [1.807, 2.05) is 6.92 Å². The zero-order chi connectivity index (χ0) is 13.0. The fourth-order valence-electron chi connectivity index (χ4n) is 1.60. The SMILES string of the molecule is CC(O)CC(C)Nc1ccc(C(=O)O)cc1Cl. The predicted octanol–water partition coefficient (Wildman–Crippen LogP) is 2.61. The topological polar surface area (TPSA) is 69.6 Å². The molecule has 0 spiro atoms. The maximum absolute atomic E-state index is 10.7. The van der Waals surface area contributed by atoms with Gasteiger partial charge in [0.25, 0.3) is 0 Å². The number of aliphatic hydroxyl groups excluding tert-OH is 1. The van der Waals surface area contributed by atoms with Gasteiger partial charge in [-0.2, -0.15) is 0 Å². The van der Waals surface area contributed by atoms with E-state index in [2.05, 4.69) is 5.32 Å². The number of hydrogen-bond acceptors (Lipinski definition) is 3. The van der Waals surface area contributed by atoms with Crippen molar-refractivity contribution >= 4 is 23.3 Å². The minimum Gasteiger partial charge on any atom is -0.478 e. The van der Waals surface area contributed by atoms with E-state index in [-0.39, 0.29) is 11.6 Å². The molecule has 0 aliphatic rings. The van der Waals surface area contributed by atoms with Gasteiger partial charge in [-0.15, -0.1) is 0 Å². The van der Waals surface area contributed by atoms with E-state index < -0.39 is 12.1 Å². The molecule has 94 valence electrons. The summed E-state index contributed by atoms with van der Waals surface area (Å²) in [4.78, 5) is 10.7. The van der Waals surface area contributed by atoms with E-state index in [9.17, 15) is 9.90 Å². The van der Waals surface area contributed by atoms with Gasteiger partial charge in [0.15, 0.2) is 0 Å². The van der Waals surface area contributed by atoms with Gasteiger partial charge in [-0.3, -0.25) is 0 Å². The molecular weight excluding hydrogens is 242 g/mol. The normalized spacial score (nSPS) is 14.1. The summed E-state index contributed by atoms with van der Waals surface area (Å²) in [6.45, 7) is 3.64. The Kier molecular flexibility index (Phi) is 4.78. The maximum Gasteiger partial charge on any atom is 0.335 e. The molecule has 0 saturated carbocycles. The van der Waals surface area contributed by atoms with Crippen LogP contribution in [0.2, 0.25) is 5.02 Å². The Morgan fingerprint density at radius 1 is 1.47 bits per heavy atom. The first kappa shape index (κ1) is 13.8. The highest BCUT2D eigenvalue weighted by molar-refractivity contribution is 6.33. The van der Waals surface area contributed by atoms with Gasteiger partial charge in [0.05, 0.1) is 22.4 Å². The largest absolute Gasteiger partial charge is 0.478 e. The molecule has 0 fully saturated rings. The van der Waals surface area contributed by atoms with Crippen LogP contribution in [0.1, 0.15) is 30.6 Å². The third kappa shape index (κ3) is 4.24. The molecule has 1 aromatic rings. The summed E-state index contributed by atoms with van der Waals surface area (Å²) < 4.78 is 0. The highest BCUT2D eigenvalue weighted by Gasteiger charge is 2.10. The van der Waals surface area contributed by atoms with E-state index in [0.717, 1.165) is 0 Å². The molecule has 17 heavy (non-hydrogen) atoms. The number of carboxylic acid groups (broad SMARTS) is 1. The summed E-state index contributed by atoms with van der Waals surface area (Å²) in [5.74, 6) is -1.00. The van der Waals surface area contributed by atoms with Crippen molar-refractivity contribution < 1.29 is 15.0 Å². The zero-order valence-corrected chi connectivity index (χ0v) is 10.5. The summed E-state index contributed by atoms with van der Waals surface area (Å²) in [5, 5.41) is 21.5. The number of carboxylic acids is 1. The predicted molar refractivity (Wildman–Crippen MR) is 67.8 cm³/mol. The molecular formula is C12H16ClNO3. The first-order valence-corrected chi connectivity index (χ1v) is 5.75. The molecule has 0 bridgehead atoms. The van der Waals surface area contributed by atoms with E-state index in [0.29, 0.717) is 17.1 Å². The van der Waals surface area contributed by atoms with Crippen molar-refractivity contribution in [3.05, 3.63) is 28.8 Å². The minimum atomic E-state index is -1.00. The van der Waals surface area contributed by atoms with Crippen LogP contribution < -0.4 is 5.32 Å². The summed E-state index contributed by atoms with van der Waals surface area (Å²) in [5.41, 5.74) is 0.827. The zero-order valence-electron chi connectivity index (χ0n) is 9.77. The van der Waals surface area contributed by atoms with E-state index >= 15 is 0 Å². The van der Waals surface area contributed by atoms with Gasteiger partial charge in [0.1, 0.15) is 0 Å². The molecule has 3 N–H and O–H groups in total. The lowest BCUT2D eigenvalue weighted by atomic mass is 10.1. The molecule has 2 atom stereocenters. The van der Waals surface area contributed by atoms with Gasteiger partial charge in [-0.1, -0.05) is 11.6 Å². The fourth-order valence-corrected chi connectivity index (χ4v) is 1.84. The van der Waals surface area contributed by atoms with Crippen LogP contribution in [-0.4, -0.2) is 28.3 Å². The van der Waals surface area contributed by atoms with Crippen LogP contribution in [-0.2, 0) is 0 Å². The van der Waals surface area contributed by atoms with E-state index in [1.165, 1.54) is 12.1 Å². The third-order valence-electron chi connectivity index (χ3n) is 2.31. The first-order valence-electron chi connectivity index (χ1n) is 5.37. The lowest BCUT2D eigenvalue weighted by Crippen LogP contribution is -2.20. The average Bonchev–Trinajstić information content (AvgIpc) is 2.19. The Morgan fingerprint density at radius 2 is 2.12 bits per heavy atom. The maximum atomic E-state index is 10.7. The smallest absolute Gasteiger partial charge is 0.335 e. The lowest BCUT2D eigenvalue weighted by molar-refractivity contribution is 0.0697. The lowest BCUT2D eigenvalue weighted by Gasteiger charge is -2.17. The summed E-state index contributed by atoms with van der Waals surface area (Å²) >= 11 is 5.97. The van der Waals surface area contributed by atoms with E-state index in [1.54, 1.807) is 13.0 Å². The second-order valence-electron chi connectivity index (χ2n) is 4.13. The standard InChI is InChI=1S/C12H16ClNO3/c1-7(5-8(2)15)14-11-4-3-9(12(16)17)6-10(11)13/h3-4,6-8,14-15H,5H2,1-2H3,(H,16,17). The number of anilines is 1. The van der Waals surface area contributed by atoms with Gasteiger partial charge in [0.2, 0.25) is 0 Å². The summed E-state index contributed by atoms with van der Waals surface area (Å²) in [7, 11) is 0. The number of rotatable bonds is 5. The second kappa shape index (κ2) is 5.89. The molecule has 0 radical (unpaired) electrons. The van der Waals surface area contributed by atoms with Crippen molar-refractivity contribution in [2.45, 2.75) is 32.4 Å². The van der Waals surface area contributed by atoms with Crippen molar-refractivity contribution in [3.63, 3.8) is 0 Å². The molecule has 0 aliphatic carbocycles. The van der Waals surface area contributed by atoms with Crippen LogP contribution in [0.3, 0.4) is 0 Å². The minimum absolute atomic E-state index is 0.0585. The van der Waals surface area contributed by atoms with Crippen LogP contribution in [0.25, 0.3) is 0 Å². The number of aromatic carboxylic acids is 1. The molecule has 5 heteroatoms. The van der Waals surface area contributed by atoms with Gasteiger partial charge in [0, 0.05) is 6.04 Å². The van der Waals surface area contributed by atoms with Crippen molar-refractivity contribution in [1.82, 2.24) is 0 Å². The summed E-state index contributed by atoms with van der Waals surface area (Å²) in [6.07, 6.45) is 0.200. The Bertz CT molecular complexity index is 407. The van der Waals surface area contributed by atoms with Crippen molar-refractivity contribution in [3.8, 4) is 0 Å². The van der Waals surface area contributed by atoms with Crippen LogP contribution >= 0.6 is 11.6 Å². The van der Waals surface area contributed by atoms with Crippen molar-refractivity contribution in [2.24, 2.45) is 0 Å². The van der Waals surface area contributed by atoms with Gasteiger partial charge in [-0.25, -0.2) is 4.79 Å². The average molecular weight is 258 g/mol. The highest BCUT2D eigenvalue weighted by atomic mass is 35.5. The number of halogens is 1. The van der Waals surface area contributed by atoms with Crippen LogP contribution in [0.4, 0.5) is 5.69 Å². The second-order valence-corrected chi connectivity index (χ2v) is 4.54. The Hall–Kier alpha value is -1.26. The molecule has 0 heterocycles. The number of hydrogen-bond donors (Lipinski definition) is 3. The molecule has 0 aliphatic heterocycles. The molecule has 1 aromatic carbocycles. The Morgan fingerprint density at radius 3 is 2.59 bits per heavy atom. The molecule has 2 unspecified atom stereocenters. The van der Waals surface area contributed by atoms with Gasteiger partial charge >= 0.3 is 5.97 Å². The van der Waals surface area contributed by atoms with Crippen LogP contribution in [0.15, 0.2) is 18.2 Å². The molecule has 0 saturated heterocycles. The Balaban J connectivity index is 2.75. The Labute approximate surface area is 105 Å². The van der Waals surface area contributed by atoms with Crippen molar-refractivity contribution in [2.75, 3.05) is 5.32 Å². The number of benzene rings is 1. The number of nitrogens with one attached hydrogen (secondary N) is 1. The third-order valence-corrected chi connectivity index (χ3v) is 2.63. The molecule has 4 nitrogen and oxygen atoms in total. The monoisotopic (exact) mass is 257 g/mol. The number of aliphatic hydroxyl groups is 1. The molecule has 1 rings (SSSR count). The van der Waals surface area contributed by atoms with Crippen molar-refractivity contribution in [1.29, 1.82) is 0 Å². The quantitative estimate of drug-likeness (QED) is 0.758. The fraction of sp³-hybridized carbons (Fsp3) is 0.417. The van der Waals surface area contributed by atoms with Crippen LogP contribution in [0.5, 0.6) is 0 Å². The van der Waals surface area contributed by atoms with E-state index in [4.69, 9.17) is 16.7 Å². The van der Waals surface area contributed by atoms with Gasteiger partial charge in [-0.05, 0) is 38.5 Å². The van der Waals surface area contributed by atoms with Crippen LogP contribution in [0, 0.1) is 0 Å². The first-order chi connectivity index (χ1) is 7.90.